The number of rotatable bonds is 8. The van der Waals surface area contributed by atoms with Crippen molar-refractivity contribution in [3.63, 3.8) is 0 Å². The number of hydrogen-bond acceptors (Lipinski definition) is 7. The molecule has 2 aromatic carbocycles. The van der Waals surface area contributed by atoms with Gasteiger partial charge in [0.15, 0.2) is 0 Å². The third-order valence-electron chi connectivity index (χ3n) is 3.23. The molecule has 0 aromatic heterocycles. The molecular weight excluding hydrogens is 443 g/mol. The number of carbonyl (C=O) groups is 1. The van der Waals surface area contributed by atoms with Gasteiger partial charge in [-0.2, -0.15) is 5.09 Å². The number of nitrogens with one attached hydrogen (secondary N) is 1. The summed E-state index contributed by atoms with van der Waals surface area (Å²) < 4.78 is 29.3. The lowest BCUT2D eigenvalue weighted by Crippen LogP contribution is -2.35. The van der Waals surface area contributed by atoms with Gasteiger partial charge < -0.3 is 13.8 Å². The maximum atomic E-state index is 13.2. The van der Waals surface area contributed by atoms with Gasteiger partial charge in [-0.15, -0.1) is 0 Å². The van der Waals surface area contributed by atoms with Gasteiger partial charge in [0, 0.05) is 12.1 Å². The number of hydrogen-bond donors (Lipinski definition) is 1. The molecule has 0 aliphatic rings. The predicted octanol–water partition coefficient (Wildman–Crippen LogP) is 4.07. The Morgan fingerprint density at radius 1 is 1.19 bits per heavy atom. The minimum Gasteiger partial charge on any atom is -0.468 e. The molecule has 2 atom stereocenters. The quantitative estimate of drug-likeness (QED) is 0.272. The van der Waals surface area contributed by atoms with E-state index in [0.29, 0.717) is 4.47 Å². The molecule has 144 valence electrons. The summed E-state index contributed by atoms with van der Waals surface area (Å²) in [6.45, 7) is 1.43. The van der Waals surface area contributed by atoms with Gasteiger partial charge in [0.2, 0.25) is 0 Å². The van der Waals surface area contributed by atoms with E-state index in [-0.39, 0.29) is 17.2 Å². The van der Waals surface area contributed by atoms with E-state index in [1.165, 1.54) is 38.3 Å². The normalized spacial score (nSPS) is 13.9. The minimum absolute atomic E-state index is 0.0561. The third kappa shape index (κ3) is 5.78. The highest BCUT2D eigenvalue weighted by Gasteiger charge is 2.34. The fraction of sp³-hybridized carbons (Fsp3) is 0.188. The second-order valence-corrected chi connectivity index (χ2v) is 7.71. The van der Waals surface area contributed by atoms with Crippen molar-refractivity contribution in [1.82, 2.24) is 5.09 Å². The molecule has 0 bridgehead atoms. The standard InChI is InChI=1S/C16H16BrN2O7P/c1-11(16(20)24-2)18-27(23,26-15-6-4-3-5-14(15)17)25-13-9-7-12(8-10-13)19(21)22/h3-11H,1-2H3,(H,18,23)/t11-,27?/m0/s1. The Labute approximate surface area is 163 Å². The Balaban J connectivity index is 2.30. The molecule has 0 saturated carbocycles. The largest absolute Gasteiger partial charge is 0.513 e. The van der Waals surface area contributed by atoms with Gasteiger partial charge in [-0.05, 0) is 47.1 Å². The van der Waals surface area contributed by atoms with Crippen molar-refractivity contribution in [2.24, 2.45) is 0 Å². The zero-order valence-electron chi connectivity index (χ0n) is 14.3. The van der Waals surface area contributed by atoms with Crippen molar-refractivity contribution < 1.29 is 28.1 Å². The van der Waals surface area contributed by atoms with Gasteiger partial charge in [0.05, 0.1) is 16.5 Å². The van der Waals surface area contributed by atoms with Gasteiger partial charge in [0.1, 0.15) is 17.5 Å². The van der Waals surface area contributed by atoms with Gasteiger partial charge in [-0.1, -0.05) is 12.1 Å². The Morgan fingerprint density at radius 3 is 2.37 bits per heavy atom. The number of nitro benzene ring substituents is 1. The van der Waals surface area contributed by atoms with Crippen LogP contribution in [0.25, 0.3) is 0 Å². The van der Waals surface area contributed by atoms with Crippen LogP contribution in [0.1, 0.15) is 6.92 Å². The summed E-state index contributed by atoms with van der Waals surface area (Å²) in [7, 11) is -2.91. The number of nitrogens with zero attached hydrogens (tertiary/aromatic N) is 1. The van der Waals surface area contributed by atoms with E-state index < -0.39 is 24.7 Å². The van der Waals surface area contributed by atoms with Crippen LogP contribution in [0, 0.1) is 10.1 Å². The Bertz CT molecular complexity index is 875. The summed E-state index contributed by atoms with van der Waals surface area (Å²) in [5.74, 6) is -0.397. The molecule has 1 N–H and O–H groups in total. The van der Waals surface area contributed by atoms with Crippen molar-refractivity contribution in [3.8, 4) is 11.5 Å². The molecule has 0 amide bonds. The molecule has 9 nitrogen and oxygen atoms in total. The minimum atomic E-state index is -4.10. The van der Waals surface area contributed by atoms with Crippen LogP contribution in [-0.2, 0) is 14.1 Å². The van der Waals surface area contributed by atoms with Crippen LogP contribution < -0.4 is 14.1 Å². The number of halogens is 1. The first-order valence-electron chi connectivity index (χ1n) is 7.58. The van der Waals surface area contributed by atoms with E-state index in [2.05, 4.69) is 25.8 Å². The molecule has 0 radical (unpaired) electrons. The van der Waals surface area contributed by atoms with Crippen LogP contribution in [0.2, 0.25) is 0 Å². The topological polar surface area (TPSA) is 117 Å². The number of nitro groups is 1. The number of methoxy groups -OCH3 is 1. The highest BCUT2D eigenvalue weighted by Crippen LogP contribution is 2.47. The van der Waals surface area contributed by atoms with Crippen LogP contribution in [0.5, 0.6) is 11.5 Å². The summed E-state index contributed by atoms with van der Waals surface area (Å²) in [5, 5.41) is 13.2. The van der Waals surface area contributed by atoms with Crippen LogP contribution in [0.3, 0.4) is 0 Å². The van der Waals surface area contributed by atoms with E-state index in [1.807, 2.05) is 0 Å². The van der Waals surface area contributed by atoms with Gasteiger partial charge in [0.25, 0.3) is 5.69 Å². The van der Waals surface area contributed by atoms with Gasteiger partial charge in [-0.3, -0.25) is 14.9 Å². The molecule has 0 heterocycles. The Hall–Kier alpha value is -2.42. The molecule has 0 aliphatic heterocycles. The van der Waals surface area contributed by atoms with Gasteiger partial charge in [-0.25, -0.2) is 4.57 Å². The number of non-ortho nitro benzene ring substituents is 1. The molecular formula is C16H16BrN2O7P. The molecule has 0 fully saturated rings. The molecule has 1 unspecified atom stereocenters. The lowest BCUT2D eigenvalue weighted by molar-refractivity contribution is -0.384. The van der Waals surface area contributed by atoms with Crippen molar-refractivity contribution in [2.45, 2.75) is 13.0 Å². The van der Waals surface area contributed by atoms with Crippen molar-refractivity contribution in [3.05, 3.63) is 63.1 Å². The van der Waals surface area contributed by atoms with Crippen LogP contribution >= 0.6 is 23.7 Å². The van der Waals surface area contributed by atoms with Crippen molar-refractivity contribution in [1.29, 1.82) is 0 Å². The smallest absolute Gasteiger partial charge is 0.468 e. The molecule has 27 heavy (non-hydrogen) atoms. The zero-order valence-corrected chi connectivity index (χ0v) is 16.8. The maximum Gasteiger partial charge on any atom is 0.513 e. The number of benzene rings is 2. The third-order valence-corrected chi connectivity index (χ3v) is 5.48. The highest BCUT2D eigenvalue weighted by atomic mass is 79.9. The predicted molar refractivity (Wildman–Crippen MR) is 101 cm³/mol. The average Bonchev–Trinajstić information content (AvgIpc) is 2.63. The number of ether oxygens (including phenoxy) is 1. The van der Waals surface area contributed by atoms with E-state index >= 15 is 0 Å². The maximum absolute atomic E-state index is 13.2. The lowest BCUT2D eigenvalue weighted by Gasteiger charge is -2.23. The van der Waals surface area contributed by atoms with Gasteiger partial charge >= 0.3 is 13.7 Å². The lowest BCUT2D eigenvalue weighted by atomic mass is 10.3. The fourth-order valence-electron chi connectivity index (χ4n) is 1.95. The number of para-hydroxylation sites is 1. The molecule has 2 aromatic rings. The van der Waals surface area contributed by atoms with E-state index in [4.69, 9.17) is 9.05 Å². The first-order valence-corrected chi connectivity index (χ1v) is 9.91. The van der Waals surface area contributed by atoms with Crippen molar-refractivity contribution in [2.75, 3.05) is 7.11 Å². The Morgan fingerprint density at radius 2 is 1.81 bits per heavy atom. The Kier molecular flexibility index (Phi) is 6.95. The van der Waals surface area contributed by atoms with E-state index in [0.717, 1.165) is 0 Å². The van der Waals surface area contributed by atoms with Crippen LogP contribution in [0.4, 0.5) is 5.69 Å². The summed E-state index contributed by atoms with van der Waals surface area (Å²) >= 11 is 3.27. The SMILES string of the molecule is COC(=O)[C@H](C)NP(=O)(Oc1ccc([N+](=O)[O-])cc1)Oc1ccccc1Br. The summed E-state index contributed by atoms with van der Waals surface area (Å²) in [6.07, 6.45) is 0. The van der Waals surface area contributed by atoms with E-state index in [1.54, 1.807) is 24.3 Å². The zero-order chi connectivity index (χ0) is 20.0. The molecule has 0 saturated heterocycles. The second kappa shape index (κ2) is 8.98. The summed E-state index contributed by atoms with van der Waals surface area (Å²) in [6, 6.07) is 10.6. The average molecular weight is 459 g/mol. The number of carbonyl (C=O) groups excluding carboxylic acids is 1. The first kappa shape index (κ1) is 20.9. The monoisotopic (exact) mass is 458 g/mol. The van der Waals surface area contributed by atoms with Crippen molar-refractivity contribution >= 4 is 35.3 Å². The van der Waals surface area contributed by atoms with Crippen LogP contribution in [-0.4, -0.2) is 24.0 Å². The highest BCUT2D eigenvalue weighted by molar-refractivity contribution is 9.10. The molecule has 2 rings (SSSR count). The fourth-order valence-corrected chi connectivity index (χ4v) is 3.98. The summed E-state index contributed by atoms with van der Waals surface area (Å²) in [4.78, 5) is 21.9. The number of esters is 1. The molecule has 0 spiro atoms. The second-order valence-electron chi connectivity index (χ2n) is 5.24. The van der Waals surface area contributed by atoms with Crippen LogP contribution in [0.15, 0.2) is 53.0 Å². The first-order chi connectivity index (χ1) is 12.7. The molecule has 0 aliphatic carbocycles. The van der Waals surface area contributed by atoms with E-state index in [9.17, 15) is 19.5 Å². The molecule has 11 heteroatoms. The summed E-state index contributed by atoms with van der Waals surface area (Å²) in [5.41, 5.74) is -0.153.